The van der Waals surface area contributed by atoms with Crippen LogP contribution in [-0.4, -0.2) is 33.0 Å². The first kappa shape index (κ1) is 26.5. The number of phenols is 1. The Morgan fingerprint density at radius 1 is 1.14 bits per heavy atom. The molecule has 0 aliphatic heterocycles. The molecular formula is C22H16ClF3N4O5S. The number of carboxylic acid groups (broad SMARTS) is 1. The monoisotopic (exact) mass is 540 g/mol. The summed E-state index contributed by atoms with van der Waals surface area (Å²) >= 11 is 6.50. The molecule has 0 unspecified atom stereocenters. The number of nitrogens with zero attached hydrogens (tertiary/aromatic N) is 1. The molecule has 3 aromatic rings. The first-order chi connectivity index (χ1) is 16.8. The van der Waals surface area contributed by atoms with Gasteiger partial charge in [0.25, 0.3) is 11.8 Å². The maximum Gasteiger partial charge on any atom is 0.434 e. The molecule has 188 valence electrons. The fourth-order valence-electron chi connectivity index (χ4n) is 2.91. The van der Waals surface area contributed by atoms with Crippen LogP contribution in [-0.2, 0) is 17.5 Å². The third kappa shape index (κ3) is 6.52. The molecule has 3 rings (SSSR count). The number of hydrogen-bond acceptors (Lipinski definition) is 7. The molecule has 1 aromatic heterocycles. The molecule has 0 radical (unpaired) electrons. The lowest BCUT2D eigenvalue weighted by molar-refractivity contribution is -0.141. The number of hydrogen-bond donors (Lipinski definition) is 5. The van der Waals surface area contributed by atoms with Crippen LogP contribution in [0.2, 0.25) is 5.02 Å². The second kappa shape index (κ2) is 10.7. The number of alkyl halides is 3. The minimum atomic E-state index is -4.89. The Balaban J connectivity index is 1.77. The van der Waals surface area contributed by atoms with E-state index in [0.29, 0.717) is 23.0 Å². The molecule has 1 heterocycles. The number of nitrogens with one attached hydrogen (secondary N) is 2. The summed E-state index contributed by atoms with van der Waals surface area (Å²) < 4.78 is 39.4. The number of aromatic hydroxyl groups is 1. The molecule has 0 saturated carbocycles. The van der Waals surface area contributed by atoms with Gasteiger partial charge in [0.15, 0.2) is 10.8 Å². The van der Waals surface area contributed by atoms with E-state index >= 15 is 0 Å². The quantitative estimate of drug-likeness (QED) is 0.285. The zero-order valence-corrected chi connectivity index (χ0v) is 19.5. The van der Waals surface area contributed by atoms with Gasteiger partial charge in [0.05, 0.1) is 15.5 Å². The Kier molecular flexibility index (Phi) is 7.85. The topological polar surface area (TPSA) is 155 Å². The van der Waals surface area contributed by atoms with Crippen molar-refractivity contribution in [1.29, 1.82) is 0 Å². The van der Waals surface area contributed by atoms with E-state index < -0.39 is 45.4 Å². The van der Waals surface area contributed by atoms with Crippen molar-refractivity contribution >= 4 is 51.9 Å². The number of halogens is 4. The van der Waals surface area contributed by atoms with Crippen molar-refractivity contribution < 1.29 is 37.8 Å². The van der Waals surface area contributed by atoms with Gasteiger partial charge in [0, 0.05) is 12.1 Å². The number of phenolic OH excluding ortho intramolecular Hbond substituents is 1. The number of thiazole rings is 1. The van der Waals surface area contributed by atoms with Gasteiger partial charge in [-0.15, -0.1) is 0 Å². The maximum atomic E-state index is 13.1. The van der Waals surface area contributed by atoms with E-state index in [2.05, 4.69) is 10.3 Å². The highest BCUT2D eigenvalue weighted by molar-refractivity contribution is 7.16. The van der Waals surface area contributed by atoms with Gasteiger partial charge in [-0.05, 0) is 42.0 Å². The molecule has 0 aliphatic rings. The van der Waals surface area contributed by atoms with Crippen LogP contribution in [0.5, 0.6) is 5.75 Å². The fourth-order valence-corrected chi connectivity index (χ4v) is 3.98. The van der Waals surface area contributed by atoms with Crippen LogP contribution in [0.3, 0.4) is 0 Å². The Hall–Kier alpha value is -4.10. The number of nitrogen functional groups attached to an aromatic ring is 1. The Morgan fingerprint density at radius 2 is 1.86 bits per heavy atom. The van der Waals surface area contributed by atoms with Gasteiger partial charge in [-0.25, -0.2) is 9.78 Å². The van der Waals surface area contributed by atoms with Crippen molar-refractivity contribution in [3.63, 3.8) is 0 Å². The second-order valence-corrected chi connectivity index (χ2v) is 8.60. The first-order valence-electron chi connectivity index (χ1n) is 9.80. The summed E-state index contributed by atoms with van der Waals surface area (Å²) in [6, 6.07) is 9.82. The zero-order chi connectivity index (χ0) is 26.6. The average Bonchev–Trinajstić information content (AvgIpc) is 3.17. The largest absolute Gasteiger partial charge is 0.508 e. The van der Waals surface area contributed by atoms with Gasteiger partial charge in [0.2, 0.25) is 0 Å². The predicted molar refractivity (Wildman–Crippen MR) is 125 cm³/mol. The number of anilines is 1. The average molecular weight is 541 g/mol. The molecule has 0 aliphatic carbocycles. The summed E-state index contributed by atoms with van der Waals surface area (Å²) in [6.45, 7) is 0.0991. The SMILES string of the molecule is Nc1nc(C(F)(F)F)c(C=C(NC(=O)c2ccc(C(=O)NCc3cccc(O)c3)cc2Cl)C(=O)O)s1. The van der Waals surface area contributed by atoms with Gasteiger partial charge in [-0.1, -0.05) is 35.1 Å². The summed E-state index contributed by atoms with van der Waals surface area (Å²) in [5.74, 6) is -3.27. The van der Waals surface area contributed by atoms with E-state index in [9.17, 15) is 37.8 Å². The van der Waals surface area contributed by atoms with Crippen molar-refractivity contribution in [3.8, 4) is 5.75 Å². The molecular weight excluding hydrogens is 525 g/mol. The molecule has 2 aromatic carbocycles. The molecule has 6 N–H and O–H groups in total. The number of carbonyl (C=O) groups is 3. The standard InChI is InChI=1S/C22H16ClF3N4O5S/c23-14-7-11(18(32)28-9-10-2-1-3-12(31)6-10)4-5-13(14)19(33)29-15(20(34)35)8-16-17(22(24,25)26)30-21(27)36-16/h1-8,31H,9H2,(H2,27,30)(H,28,32)(H,29,33)(H,34,35). The summed E-state index contributed by atoms with van der Waals surface area (Å²) in [5, 5.41) is 22.8. The van der Waals surface area contributed by atoms with E-state index in [0.717, 1.165) is 6.07 Å². The van der Waals surface area contributed by atoms with Crippen molar-refractivity contribution in [1.82, 2.24) is 15.6 Å². The normalized spacial score (nSPS) is 11.7. The second-order valence-electron chi connectivity index (χ2n) is 7.13. The van der Waals surface area contributed by atoms with Crippen LogP contribution in [0.4, 0.5) is 18.3 Å². The van der Waals surface area contributed by atoms with Crippen molar-refractivity contribution in [2.45, 2.75) is 12.7 Å². The summed E-state index contributed by atoms with van der Waals surface area (Å²) in [4.78, 5) is 39.1. The molecule has 36 heavy (non-hydrogen) atoms. The fraction of sp³-hybridized carbons (Fsp3) is 0.0909. The summed E-state index contributed by atoms with van der Waals surface area (Å²) in [7, 11) is 0. The van der Waals surface area contributed by atoms with E-state index in [-0.39, 0.29) is 28.4 Å². The van der Waals surface area contributed by atoms with Crippen LogP contribution >= 0.6 is 22.9 Å². The molecule has 0 saturated heterocycles. The van der Waals surface area contributed by atoms with Crippen molar-refractivity contribution in [2.75, 3.05) is 5.73 Å². The molecule has 9 nitrogen and oxygen atoms in total. The highest BCUT2D eigenvalue weighted by atomic mass is 35.5. The molecule has 0 spiro atoms. The molecule has 14 heteroatoms. The van der Waals surface area contributed by atoms with Gasteiger partial charge in [-0.3, -0.25) is 9.59 Å². The Morgan fingerprint density at radius 3 is 2.47 bits per heavy atom. The highest BCUT2D eigenvalue weighted by Gasteiger charge is 2.37. The van der Waals surface area contributed by atoms with Crippen LogP contribution in [0, 0.1) is 0 Å². The van der Waals surface area contributed by atoms with Crippen molar-refractivity contribution in [2.24, 2.45) is 0 Å². The molecule has 2 amide bonds. The number of aromatic nitrogens is 1. The first-order valence-corrected chi connectivity index (χ1v) is 11.0. The van der Waals surface area contributed by atoms with Gasteiger partial charge in [0.1, 0.15) is 11.4 Å². The van der Waals surface area contributed by atoms with Crippen LogP contribution in [0.1, 0.15) is 36.9 Å². The number of aliphatic carboxylic acids is 1. The van der Waals surface area contributed by atoms with Gasteiger partial charge in [-0.2, -0.15) is 13.2 Å². The summed E-state index contributed by atoms with van der Waals surface area (Å²) in [6.07, 6.45) is -4.30. The van der Waals surface area contributed by atoms with E-state index in [1.807, 2.05) is 5.32 Å². The lowest BCUT2D eigenvalue weighted by atomic mass is 10.1. The Labute approximate surface area is 210 Å². The third-order valence-corrected chi connectivity index (χ3v) is 5.68. The predicted octanol–water partition coefficient (Wildman–Crippen LogP) is 3.89. The number of carboxylic acids is 1. The zero-order valence-electron chi connectivity index (χ0n) is 17.9. The van der Waals surface area contributed by atoms with Gasteiger partial charge >= 0.3 is 12.1 Å². The summed E-state index contributed by atoms with van der Waals surface area (Å²) in [5.41, 5.74) is 3.54. The minimum absolute atomic E-state index is 0.0309. The van der Waals surface area contributed by atoms with Crippen LogP contribution < -0.4 is 16.4 Å². The third-order valence-electron chi connectivity index (χ3n) is 4.53. The smallest absolute Gasteiger partial charge is 0.434 e. The lowest BCUT2D eigenvalue weighted by Gasteiger charge is -2.10. The number of amides is 2. The van der Waals surface area contributed by atoms with Crippen LogP contribution in [0.15, 0.2) is 48.2 Å². The van der Waals surface area contributed by atoms with E-state index in [1.54, 1.807) is 12.1 Å². The van der Waals surface area contributed by atoms with E-state index in [1.165, 1.54) is 24.3 Å². The molecule has 0 fully saturated rings. The number of nitrogens with two attached hydrogens (primary N) is 1. The highest BCUT2D eigenvalue weighted by Crippen LogP contribution is 2.36. The lowest BCUT2D eigenvalue weighted by Crippen LogP contribution is -2.28. The van der Waals surface area contributed by atoms with Gasteiger partial charge < -0.3 is 26.6 Å². The number of carbonyl (C=O) groups excluding carboxylic acids is 2. The molecule has 0 atom stereocenters. The van der Waals surface area contributed by atoms with Crippen molar-refractivity contribution in [3.05, 3.63) is 80.4 Å². The minimum Gasteiger partial charge on any atom is -0.508 e. The number of benzene rings is 2. The maximum absolute atomic E-state index is 13.1. The Bertz CT molecular complexity index is 1370. The van der Waals surface area contributed by atoms with E-state index in [4.69, 9.17) is 17.3 Å². The number of rotatable bonds is 7. The van der Waals surface area contributed by atoms with Crippen LogP contribution in [0.25, 0.3) is 6.08 Å². The molecule has 0 bridgehead atoms.